The highest BCUT2D eigenvalue weighted by atomic mass is 16.6. The molecule has 2 aromatic rings. The third kappa shape index (κ3) is 4.51. The second-order valence-corrected chi connectivity index (χ2v) is 6.08. The van der Waals surface area contributed by atoms with Gasteiger partial charge in [0, 0.05) is 17.1 Å². The SMILES string of the molecule is CC[C@@H](C)[C@@H](NC(=O)Oc1cccc2[nH]cc(CCNC)c12)C(=O)O. The fraction of sp³-hybridized carbons (Fsp3) is 0.444. The van der Waals surface area contributed by atoms with E-state index in [0.717, 1.165) is 29.4 Å². The van der Waals surface area contributed by atoms with Gasteiger partial charge in [-0.25, -0.2) is 9.59 Å². The van der Waals surface area contributed by atoms with Gasteiger partial charge in [-0.15, -0.1) is 0 Å². The van der Waals surface area contributed by atoms with Gasteiger partial charge in [0.25, 0.3) is 0 Å². The van der Waals surface area contributed by atoms with Crippen LogP contribution in [0.3, 0.4) is 0 Å². The maximum atomic E-state index is 12.2. The lowest BCUT2D eigenvalue weighted by atomic mass is 10.00. The number of likely N-dealkylation sites (N-methyl/N-ethyl adjacent to an activating group) is 1. The first-order valence-electron chi connectivity index (χ1n) is 8.42. The van der Waals surface area contributed by atoms with Crippen molar-refractivity contribution < 1.29 is 19.4 Å². The fourth-order valence-corrected chi connectivity index (χ4v) is 2.70. The number of ether oxygens (including phenoxy) is 1. The number of aromatic nitrogens is 1. The molecule has 2 rings (SSSR count). The number of amides is 1. The van der Waals surface area contributed by atoms with Crippen LogP contribution < -0.4 is 15.4 Å². The summed E-state index contributed by atoms with van der Waals surface area (Å²) in [6, 6.07) is 4.42. The molecule has 1 heterocycles. The highest BCUT2D eigenvalue weighted by molar-refractivity contribution is 5.91. The molecule has 0 saturated heterocycles. The molecule has 0 aliphatic carbocycles. The van der Waals surface area contributed by atoms with Gasteiger partial charge in [-0.05, 0) is 43.6 Å². The van der Waals surface area contributed by atoms with Gasteiger partial charge in [-0.2, -0.15) is 0 Å². The molecule has 2 atom stereocenters. The molecule has 7 nitrogen and oxygen atoms in total. The van der Waals surface area contributed by atoms with E-state index in [2.05, 4.69) is 15.6 Å². The van der Waals surface area contributed by atoms with Crippen LogP contribution in [-0.4, -0.2) is 41.8 Å². The Hall–Kier alpha value is -2.54. The van der Waals surface area contributed by atoms with E-state index in [-0.39, 0.29) is 5.92 Å². The van der Waals surface area contributed by atoms with E-state index in [1.165, 1.54) is 0 Å². The minimum absolute atomic E-state index is 0.195. The van der Waals surface area contributed by atoms with Crippen LogP contribution in [0.2, 0.25) is 0 Å². The zero-order chi connectivity index (χ0) is 18.4. The Morgan fingerprint density at radius 1 is 1.36 bits per heavy atom. The van der Waals surface area contributed by atoms with Crippen LogP contribution >= 0.6 is 0 Å². The lowest BCUT2D eigenvalue weighted by molar-refractivity contribution is -0.140. The second-order valence-electron chi connectivity index (χ2n) is 6.08. The average molecular weight is 347 g/mol. The third-order valence-corrected chi connectivity index (χ3v) is 4.35. The number of aromatic amines is 1. The average Bonchev–Trinajstić information content (AvgIpc) is 3.01. The van der Waals surface area contributed by atoms with Crippen molar-refractivity contribution in [2.75, 3.05) is 13.6 Å². The van der Waals surface area contributed by atoms with E-state index in [0.29, 0.717) is 12.2 Å². The summed E-state index contributed by atoms with van der Waals surface area (Å²) in [5.41, 5.74) is 1.90. The number of H-pyrrole nitrogens is 1. The summed E-state index contributed by atoms with van der Waals surface area (Å²) in [5, 5.41) is 15.7. The summed E-state index contributed by atoms with van der Waals surface area (Å²) in [6.45, 7) is 4.45. The van der Waals surface area contributed by atoms with Crippen LogP contribution in [0.1, 0.15) is 25.8 Å². The van der Waals surface area contributed by atoms with Crippen LogP contribution in [0.4, 0.5) is 4.79 Å². The number of carboxylic acid groups (broad SMARTS) is 1. The lowest BCUT2D eigenvalue weighted by Crippen LogP contribution is -2.46. The molecule has 0 saturated carbocycles. The molecular weight excluding hydrogens is 322 g/mol. The first kappa shape index (κ1) is 18.8. The summed E-state index contributed by atoms with van der Waals surface area (Å²) in [6.07, 6.45) is 2.55. The Morgan fingerprint density at radius 2 is 2.12 bits per heavy atom. The molecule has 7 heteroatoms. The molecule has 0 spiro atoms. The highest BCUT2D eigenvalue weighted by Gasteiger charge is 2.26. The molecule has 25 heavy (non-hydrogen) atoms. The second kappa shape index (κ2) is 8.53. The number of carboxylic acids is 1. The Kier molecular flexibility index (Phi) is 6.41. The minimum atomic E-state index is -1.07. The molecule has 0 bridgehead atoms. The van der Waals surface area contributed by atoms with Crippen molar-refractivity contribution in [2.24, 2.45) is 5.92 Å². The summed E-state index contributed by atoms with van der Waals surface area (Å²) in [7, 11) is 1.88. The molecule has 136 valence electrons. The van der Waals surface area contributed by atoms with Crippen molar-refractivity contribution in [1.29, 1.82) is 0 Å². The van der Waals surface area contributed by atoms with E-state index in [4.69, 9.17) is 4.74 Å². The third-order valence-electron chi connectivity index (χ3n) is 4.35. The van der Waals surface area contributed by atoms with Crippen LogP contribution in [0.5, 0.6) is 5.75 Å². The largest absolute Gasteiger partial charge is 0.480 e. The zero-order valence-corrected chi connectivity index (χ0v) is 14.8. The first-order chi connectivity index (χ1) is 12.0. The number of benzene rings is 1. The van der Waals surface area contributed by atoms with Crippen molar-refractivity contribution in [2.45, 2.75) is 32.7 Å². The summed E-state index contributed by atoms with van der Waals surface area (Å²) in [4.78, 5) is 26.7. The predicted octanol–water partition coefficient (Wildman–Crippen LogP) is 2.52. The molecule has 0 radical (unpaired) electrons. The van der Waals surface area contributed by atoms with E-state index in [1.54, 1.807) is 19.1 Å². The Morgan fingerprint density at radius 3 is 2.76 bits per heavy atom. The quantitative estimate of drug-likeness (QED) is 0.587. The number of hydrogen-bond donors (Lipinski definition) is 4. The van der Waals surface area contributed by atoms with Gasteiger partial charge in [-0.1, -0.05) is 26.3 Å². The zero-order valence-electron chi connectivity index (χ0n) is 14.8. The van der Waals surface area contributed by atoms with E-state index in [1.807, 2.05) is 26.2 Å². The van der Waals surface area contributed by atoms with Gasteiger partial charge in [0.15, 0.2) is 0 Å². The number of aliphatic carboxylic acids is 1. The molecule has 0 fully saturated rings. The number of fused-ring (bicyclic) bond motifs is 1. The number of carbonyl (C=O) groups is 2. The summed E-state index contributed by atoms with van der Waals surface area (Å²) in [5.74, 6) is -0.851. The molecule has 4 N–H and O–H groups in total. The molecule has 1 amide bonds. The molecular formula is C18H25N3O4. The number of nitrogens with one attached hydrogen (secondary N) is 3. The van der Waals surface area contributed by atoms with Crippen molar-refractivity contribution in [3.63, 3.8) is 0 Å². The fourth-order valence-electron chi connectivity index (χ4n) is 2.70. The van der Waals surface area contributed by atoms with Crippen LogP contribution in [0.15, 0.2) is 24.4 Å². The van der Waals surface area contributed by atoms with Crippen LogP contribution in [0, 0.1) is 5.92 Å². The number of rotatable bonds is 8. The van der Waals surface area contributed by atoms with Crippen LogP contribution in [0.25, 0.3) is 10.9 Å². The maximum absolute atomic E-state index is 12.2. The summed E-state index contributed by atoms with van der Waals surface area (Å²) < 4.78 is 5.43. The molecule has 0 unspecified atom stereocenters. The predicted molar refractivity (Wildman–Crippen MR) is 96.0 cm³/mol. The Bertz CT molecular complexity index is 741. The van der Waals surface area contributed by atoms with Gasteiger partial charge in [-0.3, -0.25) is 0 Å². The van der Waals surface area contributed by atoms with Crippen molar-refractivity contribution >= 4 is 23.0 Å². The van der Waals surface area contributed by atoms with Crippen molar-refractivity contribution in [3.8, 4) is 5.75 Å². The molecule has 0 aliphatic heterocycles. The minimum Gasteiger partial charge on any atom is -0.480 e. The van der Waals surface area contributed by atoms with Gasteiger partial charge >= 0.3 is 12.1 Å². The molecule has 1 aromatic heterocycles. The van der Waals surface area contributed by atoms with E-state index < -0.39 is 18.1 Å². The number of hydrogen-bond acceptors (Lipinski definition) is 4. The standard InChI is InChI=1S/C18H25N3O4/c1-4-11(2)16(17(22)23)21-18(24)25-14-7-5-6-13-15(14)12(10-20-13)8-9-19-3/h5-7,10-11,16,19-20H,4,8-9H2,1-3H3,(H,21,24)(H,22,23)/t11-,16-/m1/s1. The smallest absolute Gasteiger partial charge is 0.413 e. The number of carbonyl (C=O) groups excluding carboxylic acids is 1. The Labute approximate surface area is 146 Å². The van der Waals surface area contributed by atoms with Gasteiger partial charge < -0.3 is 25.5 Å². The van der Waals surface area contributed by atoms with Crippen molar-refractivity contribution in [3.05, 3.63) is 30.0 Å². The topological polar surface area (TPSA) is 103 Å². The Balaban J connectivity index is 2.20. The normalized spacial score (nSPS) is 13.4. The first-order valence-corrected chi connectivity index (χ1v) is 8.42. The van der Waals surface area contributed by atoms with Crippen molar-refractivity contribution in [1.82, 2.24) is 15.6 Å². The van der Waals surface area contributed by atoms with E-state index >= 15 is 0 Å². The highest BCUT2D eigenvalue weighted by Crippen LogP contribution is 2.29. The molecule has 1 aromatic carbocycles. The van der Waals surface area contributed by atoms with Gasteiger partial charge in [0.2, 0.25) is 0 Å². The maximum Gasteiger partial charge on any atom is 0.413 e. The van der Waals surface area contributed by atoms with Crippen LogP contribution in [-0.2, 0) is 11.2 Å². The monoisotopic (exact) mass is 347 g/mol. The van der Waals surface area contributed by atoms with Gasteiger partial charge in [0.1, 0.15) is 11.8 Å². The summed E-state index contributed by atoms with van der Waals surface area (Å²) >= 11 is 0. The molecule has 0 aliphatic rings. The lowest BCUT2D eigenvalue weighted by Gasteiger charge is -2.19. The van der Waals surface area contributed by atoms with E-state index in [9.17, 15) is 14.7 Å². The van der Waals surface area contributed by atoms with Gasteiger partial charge in [0.05, 0.1) is 0 Å².